The Morgan fingerprint density at radius 1 is 1.26 bits per heavy atom. The molecular formula is C14H13ClFN3. The summed E-state index contributed by atoms with van der Waals surface area (Å²) in [6.07, 6.45) is 2.33. The second-order valence-corrected chi connectivity index (χ2v) is 5.10. The summed E-state index contributed by atoms with van der Waals surface area (Å²) in [6.45, 7) is 1.36. The first-order chi connectivity index (χ1) is 9.13. The maximum atomic E-state index is 13.9. The largest absolute Gasteiger partial charge is 0.399 e. The first kappa shape index (κ1) is 12.2. The van der Waals surface area contributed by atoms with Crippen molar-refractivity contribution >= 4 is 23.1 Å². The van der Waals surface area contributed by atoms with Gasteiger partial charge in [0.2, 0.25) is 0 Å². The molecule has 2 heterocycles. The molecule has 0 saturated heterocycles. The van der Waals surface area contributed by atoms with E-state index in [1.165, 1.54) is 17.8 Å². The molecule has 0 radical (unpaired) electrons. The van der Waals surface area contributed by atoms with E-state index >= 15 is 0 Å². The molecule has 0 spiro atoms. The van der Waals surface area contributed by atoms with Crippen LogP contribution in [-0.4, -0.2) is 11.5 Å². The maximum Gasteiger partial charge on any atom is 0.167 e. The summed E-state index contributed by atoms with van der Waals surface area (Å²) in [5, 5.41) is 0.308. The highest BCUT2D eigenvalue weighted by atomic mass is 35.5. The van der Waals surface area contributed by atoms with Gasteiger partial charge in [0.05, 0.1) is 5.02 Å². The molecule has 0 aliphatic carbocycles. The standard InChI is InChI=1S/C14H13ClFN3/c15-11-6-13(16)14(18-7-11)19-4-3-9-1-2-12(17)5-10(9)8-19/h1-2,5-7H,3-4,8,17H2. The number of nitrogen functional groups attached to an aromatic ring is 1. The average Bonchev–Trinajstić information content (AvgIpc) is 2.38. The number of aromatic nitrogens is 1. The zero-order valence-corrected chi connectivity index (χ0v) is 11.0. The fourth-order valence-corrected chi connectivity index (χ4v) is 2.54. The van der Waals surface area contributed by atoms with E-state index in [-0.39, 0.29) is 5.82 Å². The van der Waals surface area contributed by atoms with Crippen molar-refractivity contribution in [3.05, 3.63) is 52.4 Å². The minimum Gasteiger partial charge on any atom is -0.399 e. The van der Waals surface area contributed by atoms with Crippen LogP contribution in [0.25, 0.3) is 0 Å². The van der Waals surface area contributed by atoms with E-state index in [1.54, 1.807) is 0 Å². The van der Waals surface area contributed by atoms with Crippen molar-refractivity contribution in [2.75, 3.05) is 17.2 Å². The Bertz CT molecular complexity index is 630. The SMILES string of the molecule is Nc1ccc2c(c1)CN(c1ncc(Cl)cc1F)CC2. The predicted octanol–water partition coefficient (Wildman–Crippen LogP) is 3.02. The highest BCUT2D eigenvalue weighted by Gasteiger charge is 2.20. The molecule has 0 atom stereocenters. The van der Waals surface area contributed by atoms with Gasteiger partial charge >= 0.3 is 0 Å². The molecule has 5 heteroatoms. The van der Waals surface area contributed by atoms with E-state index in [1.807, 2.05) is 23.1 Å². The van der Waals surface area contributed by atoms with Crippen LogP contribution in [0.5, 0.6) is 0 Å². The molecule has 0 unspecified atom stereocenters. The van der Waals surface area contributed by atoms with Crippen LogP contribution in [0.3, 0.4) is 0 Å². The number of rotatable bonds is 1. The van der Waals surface area contributed by atoms with Crippen LogP contribution in [0.2, 0.25) is 5.02 Å². The van der Waals surface area contributed by atoms with Crippen LogP contribution in [0.15, 0.2) is 30.5 Å². The molecule has 1 aliphatic rings. The molecule has 0 fully saturated rings. The predicted molar refractivity (Wildman–Crippen MR) is 74.8 cm³/mol. The van der Waals surface area contributed by atoms with Crippen LogP contribution < -0.4 is 10.6 Å². The number of hydrogen-bond donors (Lipinski definition) is 1. The second kappa shape index (κ2) is 4.70. The first-order valence-corrected chi connectivity index (χ1v) is 6.44. The summed E-state index contributed by atoms with van der Waals surface area (Å²) in [7, 11) is 0. The number of nitrogens with two attached hydrogens (primary N) is 1. The van der Waals surface area contributed by atoms with E-state index < -0.39 is 0 Å². The summed E-state index contributed by atoms with van der Waals surface area (Å²) < 4.78 is 13.9. The van der Waals surface area contributed by atoms with Crippen molar-refractivity contribution in [2.24, 2.45) is 0 Å². The normalized spacial score (nSPS) is 14.3. The van der Waals surface area contributed by atoms with Gasteiger partial charge in [0.25, 0.3) is 0 Å². The Morgan fingerprint density at radius 2 is 2.11 bits per heavy atom. The van der Waals surface area contributed by atoms with Crippen LogP contribution in [0.1, 0.15) is 11.1 Å². The highest BCUT2D eigenvalue weighted by molar-refractivity contribution is 6.30. The Hall–Kier alpha value is -1.81. The quantitative estimate of drug-likeness (QED) is 0.815. The number of halogens is 2. The molecular weight excluding hydrogens is 265 g/mol. The van der Waals surface area contributed by atoms with E-state index in [0.29, 0.717) is 17.4 Å². The van der Waals surface area contributed by atoms with Gasteiger partial charge in [0.15, 0.2) is 11.6 Å². The van der Waals surface area contributed by atoms with Crippen molar-refractivity contribution < 1.29 is 4.39 Å². The van der Waals surface area contributed by atoms with E-state index in [0.717, 1.165) is 24.2 Å². The lowest BCUT2D eigenvalue weighted by Crippen LogP contribution is -2.31. The number of pyridine rings is 1. The van der Waals surface area contributed by atoms with E-state index in [9.17, 15) is 4.39 Å². The third-order valence-corrected chi connectivity index (χ3v) is 3.54. The zero-order valence-electron chi connectivity index (χ0n) is 10.2. The number of fused-ring (bicyclic) bond motifs is 1. The number of anilines is 2. The summed E-state index contributed by atoms with van der Waals surface area (Å²) in [4.78, 5) is 5.99. The summed E-state index contributed by atoms with van der Waals surface area (Å²) in [6, 6.07) is 7.16. The lowest BCUT2D eigenvalue weighted by Gasteiger charge is -2.30. The molecule has 98 valence electrons. The molecule has 2 aromatic rings. The van der Waals surface area contributed by atoms with Gasteiger partial charge < -0.3 is 10.6 Å². The van der Waals surface area contributed by atoms with Gasteiger partial charge in [0, 0.05) is 25.0 Å². The van der Waals surface area contributed by atoms with Crippen molar-refractivity contribution in [3.63, 3.8) is 0 Å². The zero-order chi connectivity index (χ0) is 13.4. The fourth-order valence-electron chi connectivity index (χ4n) is 2.40. The molecule has 1 aromatic carbocycles. The Labute approximate surface area is 115 Å². The molecule has 0 saturated carbocycles. The third kappa shape index (κ3) is 2.36. The minimum absolute atomic E-state index is 0.308. The fraction of sp³-hybridized carbons (Fsp3) is 0.214. The monoisotopic (exact) mass is 277 g/mol. The van der Waals surface area contributed by atoms with Crippen LogP contribution in [0.4, 0.5) is 15.9 Å². The summed E-state index contributed by atoms with van der Waals surface area (Å²) >= 11 is 5.72. The second-order valence-electron chi connectivity index (χ2n) is 4.66. The van der Waals surface area contributed by atoms with E-state index in [4.69, 9.17) is 17.3 Å². The Morgan fingerprint density at radius 3 is 2.89 bits per heavy atom. The van der Waals surface area contributed by atoms with Crippen molar-refractivity contribution in [1.29, 1.82) is 0 Å². The van der Waals surface area contributed by atoms with Crippen LogP contribution in [-0.2, 0) is 13.0 Å². The summed E-state index contributed by atoms with van der Waals surface area (Å²) in [5.41, 5.74) is 8.91. The Balaban J connectivity index is 1.93. The molecule has 3 rings (SSSR count). The lowest BCUT2D eigenvalue weighted by atomic mass is 9.99. The van der Waals surface area contributed by atoms with Gasteiger partial charge in [-0.05, 0) is 35.7 Å². The Kier molecular flexibility index (Phi) is 3.03. The number of hydrogen-bond acceptors (Lipinski definition) is 3. The smallest absolute Gasteiger partial charge is 0.167 e. The third-order valence-electron chi connectivity index (χ3n) is 3.33. The molecule has 1 aliphatic heterocycles. The average molecular weight is 278 g/mol. The molecule has 19 heavy (non-hydrogen) atoms. The van der Waals surface area contributed by atoms with E-state index in [2.05, 4.69) is 4.98 Å². The van der Waals surface area contributed by atoms with Gasteiger partial charge in [-0.2, -0.15) is 0 Å². The molecule has 0 amide bonds. The van der Waals surface area contributed by atoms with Gasteiger partial charge in [-0.15, -0.1) is 0 Å². The van der Waals surface area contributed by atoms with Gasteiger partial charge in [-0.3, -0.25) is 0 Å². The topological polar surface area (TPSA) is 42.1 Å². The minimum atomic E-state index is -0.389. The first-order valence-electron chi connectivity index (χ1n) is 6.07. The van der Waals surface area contributed by atoms with Crippen molar-refractivity contribution in [2.45, 2.75) is 13.0 Å². The van der Waals surface area contributed by atoms with Gasteiger partial charge in [-0.25, -0.2) is 9.37 Å². The molecule has 1 aromatic heterocycles. The van der Waals surface area contributed by atoms with Crippen molar-refractivity contribution in [3.8, 4) is 0 Å². The van der Waals surface area contributed by atoms with Gasteiger partial charge in [0.1, 0.15) is 0 Å². The summed E-state index contributed by atoms with van der Waals surface area (Å²) in [5.74, 6) is -0.0441. The molecule has 2 N–H and O–H groups in total. The number of nitrogens with zero attached hydrogens (tertiary/aromatic N) is 2. The molecule has 3 nitrogen and oxygen atoms in total. The molecule has 0 bridgehead atoms. The van der Waals surface area contributed by atoms with Crippen LogP contribution in [0, 0.1) is 5.82 Å². The highest BCUT2D eigenvalue weighted by Crippen LogP contribution is 2.27. The van der Waals surface area contributed by atoms with Gasteiger partial charge in [-0.1, -0.05) is 17.7 Å². The number of benzene rings is 1. The maximum absolute atomic E-state index is 13.9. The van der Waals surface area contributed by atoms with Crippen molar-refractivity contribution in [1.82, 2.24) is 4.98 Å². The lowest BCUT2D eigenvalue weighted by molar-refractivity contribution is 0.601. The van der Waals surface area contributed by atoms with Crippen LogP contribution >= 0.6 is 11.6 Å².